The number of amides is 1. The van der Waals surface area contributed by atoms with Crippen LogP contribution in [0.1, 0.15) is 16.2 Å². The molecule has 0 atom stereocenters. The maximum Gasteiger partial charge on any atom is 0.251 e. The summed E-state index contributed by atoms with van der Waals surface area (Å²) in [6.07, 6.45) is 2.37. The van der Waals surface area contributed by atoms with E-state index >= 15 is 0 Å². The van der Waals surface area contributed by atoms with E-state index in [9.17, 15) is 13.2 Å². The zero-order valence-electron chi connectivity index (χ0n) is 14.5. The fourth-order valence-electron chi connectivity index (χ4n) is 2.46. The standard InChI is InChI=1S/C17H19N5O3S/c1-21(2)26(24,25)14-7-5-6-13(12-14)17(23)18-10-9-16-20-19-15-8-3-4-11-22(15)16/h3-8,11-12H,9-10H2,1-2H3,(H,18,23). The van der Waals surface area contributed by atoms with Gasteiger partial charge >= 0.3 is 0 Å². The maximum absolute atomic E-state index is 12.3. The number of nitrogens with zero attached hydrogens (tertiary/aromatic N) is 4. The van der Waals surface area contributed by atoms with Crippen molar-refractivity contribution in [1.82, 2.24) is 24.2 Å². The highest BCUT2D eigenvalue weighted by Crippen LogP contribution is 2.14. The zero-order valence-corrected chi connectivity index (χ0v) is 15.3. The Morgan fingerprint density at radius 3 is 2.73 bits per heavy atom. The number of carbonyl (C=O) groups is 1. The second-order valence-electron chi connectivity index (χ2n) is 5.87. The summed E-state index contributed by atoms with van der Waals surface area (Å²) in [5.41, 5.74) is 1.04. The van der Waals surface area contributed by atoms with Gasteiger partial charge in [0.25, 0.3) is 5.91 Å². The van der Waals surface area contributed by atoms with Crippen LogP contribution in [0.15, 0.2) is 53.6 Å². The van der Waals surface area contributed by atoms with Gasteiger partial charge in [-0.15, -0.1) is 10.2 Å². The molecule has 0 bridgehead atoms. The van der Waals surface area contributed by atoms with Crippen LogP contribution in [-0.2, 0) is 16.4 Å². The summed E-state index contributed by atoms with van der Waals surface area (Å²) < 4.78 is 27.3. The summed E-state index contributed by atoms with van der Waals surface area (Å²) in [5.74, 6) is 0.402. The van der Waals surface area contributed by atoms with Crippen molar-refractivity contribution in [3.05, 3.63) is 60.0 Å². The summed E-state index contributed by atoms with van der Waals surface area (Å²) in [4.78, 5) is 12.4. The molecule has 9 heteroatoms. The first-order chi connectivity index (χ1) is 12.4. The van der Waals surface area contributed by atoms with E-state index in [1.807, 2.05) is 28.8 Å². The molecule has 1 amide bonds. The van der Waals surface area contributed by atoms with Crippen molar-refractivity contribution in [3.8, 4) is 0 Å². The largest absolute Gasteiger partial charge is 0.352 e. The van der Waals surface area contributed by atoms with Crippen LogP contribution in [0.25, 0.3) is 5.65 Å². The van der Waals surface area contributed by atoms with Gasteiger partial charge in [0.05, 0.1) is 4.90 Å². The molecular weight excluding hydrogens is 354 g/mol. The number of hydrogen-bond acceptors (Lipinski definition) is 5. The van der Waals surface area contributed by atoms with E-state index in [2.05, 4.69) is 15.5 Å². The maximum atomic E-state index is 12.3. The first kappa shape index (κ1) is 18.0. The molecule has 0 radical (unpaired) electrons. The van der Waals surface area contributed by atoms with Crippen molar-refractivity contribution >= 4 is 21.6 Å². The Morgan fingerprint density at radius 1 is 1.15 bits per heavy atom. The SMILES string of the molecule is CN(C)S(=O)(=O)c1cccc(C(=O)NCCc2nnc3ccccn23)c1. The Labute approximate surface area is 151 Å². The van der Waals surface area contributed by atoms with Crippen molar-refractivity contribution in [2.75, 3.05) is 20.6 Å². The number of nitrogens with one attached hydrogen (secondary N) is 1. The van der Waals surface area contributed by atoms with Gasteiger partial charge in [0, 0.05) is 38.8 Å². The number of aromatic nitrogens is 3. The van der Waals surface area contributed by atoms with Crippen LogP contribution in [0, 0.1) is 0 Å². The molecule has 0 fully saturated rings. The van der Waals surface area contributed by atoms with Gasteiger partial charge in [0.2, 0.25) is 10.0 Å². The Kier molecular flexibility index (Phi) is 5.01. The normalized spacial score (nSPS) is 11.8. The van der Waals surface area contributed by atoms with Gasteiger partial charge < -0.3 is 5.32 Å². The summed E-state index contributed by atoms with van der Waals surface area (Å²) >= 11 is 0. The highest BCUT2D eigenvalue weighted by Gasteiger charge is 2.18. The minimum atomic E-state index is -3.58. The molecule has 8 nitrogen and oxygen atoms in total. The lowest BCUT2D eigenvalue weighted by Gasteiger charge is -2.12. The highest BCUT2D eigenvalue weighted by atomic mass is 32.2. The van der Waals surface area contributed by atoms with Crippen LogP contribution in [0.3, 0.4) is 0 Å². The lowest BCUT2D eigenvalue weighted by atomic mass is 10.2. The van der Waals surface area contributed by atoms with Crippen LogP contribution in [0.2, 0.25) is 0 Å². The predicted molar refractivity (Wildman–Crippen MR) is 96.3 cm³/mol. The van der Waals surface area contributed by atoms with Crippen LogP contribution in [-0.4, -0.2) is 53.9 Å². The first-order valence-corrected chi connectivity index (χ1v) is 9.43. The van der Waals surface area contributed by atoms with Crippen molar-refractivity contribution in [2.45, 2.75) is 11.3 Å². The van der Waals surface area contributed by atoms with Gasteiger partial charge in [-0.2, -0.15) is 0 Å². The van der Waals surface area contributed by atoms with Crippen LogP contribution in [0.4, 0.5) is 0 Å². The van der Waals surface area contributed by atoms with Crippen molar-refractivity contribution in [1.29, 1.82) is 0 Å². The Hall–Kier alpha value is -2.78. The van der Waals surface area contributed by atoms with Crippen molar-refractivity contribution in [2.24, 2.45) is 0 Å². The fraction of sp³-hybridized carbons (Fsp3) is 0.235. The molecule has 0 saturated heterocycles. The fourth-order valence-corrected chi connectivity index (χ4v) is 3.41. The molecular formula is C17H19N5O3S. The lowest BCUT2D eigenvalue weighted by Crippen LogP contribution is -2.27. The minimum Gasteiger partial charge on any atom is -0.352 e. The molecule has 26 heavy (non-hydrogen) atoms. The molecule has 2 aromatic heterocycles. The monoisotopic (exact) mass is 373 g/mol. The molecule has 3 aromatic rings. The number of carbonyl (C=O) groups excluding carboxylic acids is 1. The predicted octanol–water partition coefficient (Wildman–Crippen LogP) is 0.952. The summed E-state index contributed by atoms with van der Waals surface area (Å²) in [5, 5.41) is 10.9. The van der Waals surface area contributed by atoms with Crippen LogP contribution < -0.4 is 5.32 Å². The Morgan fingerprint density at radius 2 is 1.96 bits per heavy atom. The molecule has 1 N–H and O–H groups in total. The summed E-state index contributed by atoms with van der Waals surface area (Å²) in [6.45, 7) is 0.360. The first-order valence-electron chi connectivity index (χ1n) is 7.99. The van der Waals surface area contributed by atoms with Crippen LogP contribution >= 0.6 is 0 Å². The third-order valence-corrected chi connectivity index (χ3v) is 5.70. The van der Waals surface area contributed by atoms with Crippen LogP contribution in [0.5, 0.6) is 0 Å². The van der Waals surface area contributed by atoms with E-state index in [4.69, 9.17) is 0 Å². The van der Waals surface area contributed by atoms with Gasteiger partial charge in [-0.3, -0.25) is 9.20 Å². The summed E-state index contributed by atoms with van der Waals surface area (Å²) in [6, 6.07) is 11.6. The van der Waals surface area contributed by atoms with E-state index in [0.717, 1.165) is 15.8 Å². The molecule has 3 rings (SSSR count). The van der Waals surface area contributed by atoms with Gasteiger partial charge in [0.1, 0.15) is 5.82 Å². The van der Waals surface area contributed by atoms with Gasteiger partial charge in [-0.1, -0.05) is 12.1 Å². The third-order valence-electron chi connectivity index (χ3n) is 3.89. The van der Waals surface area contributed by atoms with E-state index in [1.54, 1.807) is 12.1 Å². The highest BCUT2D eigenvalue weighted by molar-refractivity contribution is 7.89. The van der Waals surface area contributed by atoms with E-state index in [-0.39, 0.29) is 10.8 Å². The summed E-state index contributed by atoms with van der Waals surface area (Å²) in [7, 11) is -0.683. The smallest absolute Gasteiger partial charge is 0.251 e. The number of pyridine rings is 1. The molecule has 1 aromatic carbocycles. The average Bonchev–Trinajstić information content (AvgIpc) is 3.05. The Balaban J connectivity index is 1.67. The quantitative estimate of drug-likeness (QED) is 0.694. The molecule has 0 spiro atoms. The molecule has 0 aliphatic carbocycles. The molecule has 2 heterocycles. The third kappa shape index (κ3) is 3.58. The average molecular weight is 373 g/mol. The van der Waals surface area contributed by atoms with E-state index < -0.39 is 10.0 Å². The van der Waals surface area contributed by atoms with Crippen molar-refractivity contribution < 1.29 is 13.2 Å². The topological polar surface area (TPSA) is 96.7 Å². The van der Waals surface area contributed by atoms with E-state index in [0.29, 0.717) is 18.5 Å². The molecule has 0 saturated carbocycles. The number of rotatable bonds is 6. The minimum absolute atomic E-state index is 0.0820. The number of benzene rings is 1. The lowest BCUT2D eigenvalue weighted by molar-refractivity contribution is 0.0953. The van der Waals surface area contributed by atoms with Gasteiger partial charge in [-0.25, -0.2) is 12.7 Å². The number of fused-ring (bicyclic) bond motifs is 1. The van der Waals surface area contributed by atoms with E-state index in [1.165, 1.54) is 26.2 Å². The van der Waals surface area contributed by atoms with Gasteiger partial charge in [-0.05, 0) is 30.3 Å². The van der Waals surface area contributed by atoms with Gasteiger partial charge in [0.15, 0.2) is 5.65 Å². The zero-order chi connectivity index (χ0) is 18.7. The second kappa shape index (κ2) is 7.22. The molecule has 136 valence electrons. The second-order valence-corrected chi connectivity index (χ2v) is 8.02. The number of sulfonamides is 1. The molecule has 0 aliphatic rings. The molecule has 0 aliphatic heterocycles. The Bertz CT molecular complexity index is 1040. The number of hydrogen-bond donors (Lipinski definition) is 1. The van der Waals surface area contributed by atoms with Crippen molar-refractivity contribution in [3.63, 3.8) is 0 Å². The molecule has 0 unspecified atom stereocenters.